The fourth-order valence-corrected chi connectivity index (χ4v) is 4.68. The Labute approximate surface area is 183 Å². The Morgan fingerprint density at radius 1 is 1.23 bits per heavy atom. The number of ether oxygens (including phenoxy) is 1. The molecule has 0 aliphatic carbocycles. The van der Waals surface area contributed by atoms with Crippen LogP contribution < -0.4 is 15.6 Å². The zero-order chi connectivity index (χ0) is 21.3. The summed E-state index contributed by atoms with van der Waals surface area (Å²) in [5.74, 6) is 1.35. The summed E-state index contributed by atoms with van der Waals surface area (Å²) in [5.41, 5.74) is 2.09. The summed E-state index contributed by atoms with van der Waals surface area (Å²) in [6.45, 7) is 0. The number of carbonyl (C=O) groups is 1. The van der Waals surface area contributed by atoms with Crippen molar-refractivity contribution in [1.82, 2.24) is 9.55 Å². The number of aromatic nitrogens is 2. The molecule has 4 rings (SSSR count). The van der Waals surface area contributed by atoms with Crippen LogP contribution in [-0.4, -0.2) is 22.6 Å². The predicted octanol–water partition coefficient (Wildman–Crippen LogP) is 4.21. The summed E-state index contributed by atoms with van der Waals surface area (Å²) < 4.78 is 6.99. The van der Waals surface area contributed by atoms with Crippen LogP contribution in [0.3, 0.4) is 0 Å². The number of nitrogens with zero attached hydrogens (tertiary/aromatic N) is 2. The Morgan fingerprint density at radius 3 is 2.70 bits per heavy atom. The topological polar surface area (TPSA) is 73.2 Å². The van der Waals surface area contributed by atoms with Gasteiger partial charge in [0.2, 0.25) is 5.91 Å². The molecule has 1 atom stereocenters. The van der Waals surface area contributed by atoms with E-state index in [1.807, 2.05) is 55.6 Å². The van der Waals surface area contributed by atoms with Crippen molar-refractivity contribution in [3.63, 3.8) is 0 Å². The van der Waals surface area contributed by atoms with Crippen LogP contribution in [0.15, 0.2) is 58.5 Å². The number of hydrogen-bond acceptors (Lipinski definition) is 5. The van der Waals surface area contributed by atoms with E-state index in [4.69, 9.17) is 16.3 Å². The molecule has 1 aliphatic heterocycles. The quantitative estimate of drug-likeness (QED) is 0.474. The van der Waals surface area contributed by atoms with Gasteiger partial charge in [-0.1, -0.05) is 47.6 Å². The number of benzene rings is 2. The van der Waals surface area contributed by atoms with Gasteiger partial charge < -0.3 is 14.6 Å². The molecular weight excluding hydrogens is 422 g/mol. The van der Waals surface area contributed by atoms with Gasteiger partial charge in [0, 0.05) is 30.2 Å². The maximum absolute atomic E-state index is 13.0. The molecule has 30 heavy (non-hydrogen) atoms. The molecule has 2 heterocycles. The fourth-order valence-electron chi connectivity index (χ4n) is 3.56. The van der Waals surface area contributed by atoms with Crippen LogP contribution in [0.5, 0.6) is 5.75 Å². The molecule has 154 valence electrons. The zero-order valence-electron chi connectivity index (χ0n) is 16.5. The van der Waals surface area contributed by atoms with Crippen LogP contribution in [0.25, 0.3) is 0 Å². The first kappa shape index (κ1) is 20.5. The first-order chi connectivity index (χ1) is 14.5. The van der Waals surface area contributed by atoms with Gasteiger partial charge in [0.15, 0.2) is 5.16 Å². The maximum atomic E-state index is 13.0. The molecule has 1 amide bonds. The van der Waals surface area contributed by atoms with Crippen molar-refractivity contribution >= 4 is 35.1 Å². The highest BCUT2D eigenvalue weighted by Crippen LogP contribution is 2.36. The number of rotatable bonds is 5. The highest BCUT2D eigenvalue weighted by atomic mass is 35.5. The van der Waals surface area contributed by atoms with Crippen LogP contribution in [0.4, 0.5) is 5.82 Å². The maximum Gasteiger partial charge on any atom is 0.279 e. The van der Waals surface area contributed by atoms with E-state index in [0.29, 0.717) is 27.3 Å². The van der Waals surface area contributed by atoms with Crippen LogP contribution >= 0.6 is 23.4 Å². The highest BCUT2D eigenvalue weighted by Gasteiger charge is 2.32. The minimum Gasteiger partial charge on any atom is -0.497 e. The van der Waals surface area contributed by atoms with Gasteiger partial charge in [-0.05, 0) is 35.4 Å². The lowest BCUT2D eigenvalue weighted by Crippen LogP contribution is -2.33. The average molecular weight is 442 g/mol. The van der Waals surface area contributed by atoms with Crippen molar-refractivity contribution in [2.75, 3.05) is 12.4 Å². The number of fused-ring (bicyclic) bond motifs is 1. The number of amides is 1. The van der Waals surface area contributed by atoms with E-state index in [0.717, 1.165) is 16.9 Å². The Hall–Kier alpha value is -2.77. The van der Waals surface area contributed by atoms with Crippen LogP contribution in [-0.2, 0) is 17.6 Å². The van der Waals surface area contributed by atoms with E-state index < -0.39 is 0 Å². The molecule has 2 aromatic carbocycles. The van der Waals surface area contributed by atoms with Gasteiger partial charge >= 0.3 is 0 Å². The van der Waals surface area contributed by atoms with E-state index in [9.17, 15) is 9.59 Å². The summed E-state index contributed by atoms with van der Waals surface area (Å²) in [5, 5.41) is 4.06. The molecule has 1 aromatic heterocycles. The van der Waals surface area contributed by atoms with Crippen molar-refractivity contribution in [1.29, 1.82) is 0 Å². The molecule has 1 unspecified atom stereocenters. The minimum atomic E-state index is -0.349. The lowest BCUT2D eigenvalue weighted by molar-refractivity contribution is -0.116. The van der Waals surface area contributed by atoms with E-state index in [1.54, 1.807) is 11.7 Å². The largest absolute Gasteiger partial charge is 0.497 e. The van der Waals surface area contributed by atoms with E-state index in [-0.39, 0.29) is 23.8 Å². The normalized spacial score (nSPS) is 15.4. The molecule has 0 fully saturated rings. The average Bonchev–Trinajstić information content (AvgIpc) is 2.74. The predicted molar refractivity (Wildman–Crippen MR) is 119 cm³/mol. The SMILES string of the molecule is COc1ccc(C2CC(=O)Nc3c2c(=O)nc(SCc2cccc(Cl)c2)n3C)cc1. The molecule has 1 aliphatic rings. The number of methoxy groups -OCH3 is 1. The van der Waals surface area contributed by atoms with Gasteiger partial charge in [-0.2, -0.15) is 4.98 Å². The van der Waals surface area contributed by atoms with Crippen molar-refractivity contribution in [2.45, 2.75) is 23.2 Å². The van der Waals surface area contributed by atoms with Crippen molar-refractivity contribution in [3.05, 3.63) is 80.6 Å². The zero-order valence-corrected chi connectivity index (χ0v) is 18.1. The van der Waals surface area contributed by atoms with Gasteiger partial charge in [-0.3, -0.25) is 9.59 Å². The third-order valence-corrected chi connectivity index (χ3v) is 6.41. The first-order valence-corrected chi connectivity index (χ1v) is 10.7. The van der Waals surface area contributed by atoms with Crippen LogP contribution in [0.1, 0.15) is 29.0 Å². The highest BCUT2D eigenvalue weighted by molar-refractivity contribution is 7.98. The molecule has 0 bridgehead atoms. The third-order valence-electron chi connectivity index (χ3n) is 5.08. The molecule has 0 saturated carbocycles. The first-order valence-electron chi connectivity index (χ1n) is 9.38. The third kappa shape index (κ3) is 4.08. The Kier molecular flexibility index (Phi) is 5.83. The smallest absolute Gasteiger partial charge is 0.279 e. The van der Waals surface area contributed by atoms with Crippen molar-refractivity contribution < 1.29 is 9.53 Å². The van der Waals surface area contributed by atoms with Gasteiger partial charge in [0.05, 0.1) is 12.7 Å². The van der Waals surface area contributed by atoms with E-state index in [2.05, 4.69) is 10.3 Å². The van der Waals surface area contributed by atoms with E-state index >= 15 is 0 Å². The Morgan fingerprint density at radius 2 is 2.00 bits per heavy atom. The van der Waals surface area contributed by atoms with Crippen LogP contribution in [0.2, 0.25) is 5.02 Å². The second kappa shape index (κ2) is 8.53. The molecule has 3 aromatic rings. The second-order valence-electron chi connectivity index (χ2n) is 7.02. The standard InChI is InChI=1S/C22H20ClN3O3S/c1-26-20-19(17(11-18(27)24-20)14-6-8-16(29-2)9-7-14)21(28)25-22(26)30-12-13-4-3-5-15(23)10-13/h3-10,17H,11-12H2,1-2H3,(H,24,27). The molecule has 0 radical (unpaired) electrons. The van der Waals surface area contributed by atoms with Crippen LogP contribution in [0, 0.1) is 0 Å². The lowest BCUT2D eigenvalue weighted by atomic mass is 9.87. The molecule has 6 nitrogen and oxygen atoms in total. The number of carbonyl (C=O) groups excluding carboxylic acids is 1. The number of nitrogens with one attached hydrogen (secondary N) is 1. The van der Waals surface area contributed by atoms with Crippen molar-refractivity contribution in [3.8, 4) is 5.75 Å². The van der Waals surface area contributed by atoms with Crippen molar-refractivity contribution in [2.24, 2.45) is 7.05 Å². The summed E-state index contributed by atoms with van der Waals surface area (Å²) in [6.07, 6.45) is 0.200. The van der Waals surface area contributed by atoms with Gasteiger partial charge in [0.1, 0.15) is 11.6 Å². The monoisotopic (exact) mass is 441 g/mol. The Balaban J connectivity index is 1.69. The number of thioether (sulfide) groups is 1. The summed E-state index contributed by atoms with van der Waals surface area (Å²) >= 11 is 7.48. The van der Waals surface area contributed by atoms with Gasteiger partial charge in [-0.25, -0.2) is 0 Å². The molecule has 1 N–H and O–H groups in total. The number of anilines is 1. The summed E-state index contributed by atoms with van der Waals surface area (Å²) in [6, 6.07) is 15.0. The molecular formula is C22H20ClN3O3S. The molecule has 0 saturated heterocycles. The summed E-state index contributed by atoms with van der Waals surface area (Å²) in [4.78, 5) is 29.7. The fraction of sp³-hybridized carbons (Fsp3) is 0.227. The minimum absolute atomic E-state index is 0.129. The Bertz CT molecular complexity index is 1160. The van der Waals surface area contributed by atoms with E-state index in [1.165, 1.54) is 11.8 Å². The molecule has 0 spiro atoms. The van der Waals surface area contributed by atoms with Gasteiger partial charge in [0.25, 0.3) is 5.56 Å². The molecule has 8 heteroatoms. The lowest BCUT2D eigenvalue weighted by Gasteiger charge is -2.27. The number of hydrogen-bond donors (Lipinski definition) is 1. The van der Waals surface area contributed by atoms with Gasteiger partial charge in [-0.15, -0.1) is 0 Å². The number of halogens is 1. The summed E-state index contributed by atoms with van der Waals surface area (Å²) in [7, 11) is 3.41. The second-order valence-corrected chi connectivity index (χ2v) is 8.40.